The highest BCUT2D eigenvalue weighted by Gasteiger charge is 2.56. The molecule has 6 atom stereocenters. The highest BCUT2D eigenvalue weighted by molar-refractivity contribution is 5.89. The summed E-state index contributed by atoms with van der Waals surface area (Å²) in [6, 6.07) is 6.03. The summed E-state index contributed by atoms with van der Waals surface area (Å²) >= 11 is 0. The van der Waals surface area contributed by atoms with Crippen molar-refractivity contribution in [2.75, 3.05) is 6.61 Å². The van der Waals surface area contributed by atoms with Gasteiger partial charge in [0.15, 0.2) is 0 Å². The first kappa shape index (κ1) is 23.7. The van der Waals surface area contributed by atoms with Crippen LogP contribution in [0.2, 0.25) is 0 Å². The van der Waals surface area contributed by atoms with Crippen molar-refractivity contribution in [2.45, 2.75) is 89.6 Å². The molecule has 2 saturated carbocycles. The van der Waals surface area contributed by atoms with Crippen LogP contribution in [0.3, 0.4) is 0 Å². The second-order valence-electron chi connectivity index (χ2n) is 11.4. The molecule has 4 unspecified atom stereocenters. The molecule has 0 aliphatic heterocycles. The number of phenols is 1. The van der Waals surface area contributed by atoms with Gasteiger partial charge >= 0.3 is 5.97 Å². The monoisotopic (exact) mass is 464 g/mol. The molecule has 0 radical (unpaired) electrons. The van der Waals surface area contributed by atoms with Crippen molar-refractivity contribution in [3.63, 3.8) is 0 Å². The van der Waals surface area contributed by atoms with E-state index in [2.05, 4.69) is 13.0 Å². The summed E-state index contributed by atoms with van der Waals surface area (Å²) in [7, 11) is 0. The Morgan fingerprint density at radius 2 is 2.00 bits per heavy atom. The molecule has 0 aromatic heterocycles. The average Bonchev–Trinajstić information content (AvgIpc) is 3.46. The van der Waals surface area contributed by atoms with E-state index in [1.807, 2.05) is 30.4 Å². The molecule has 0 saturated heterocycles. The fraction of sp³-hybridized carbons (Fsp3) is 0.633. The second kappa shape index (κ2) is 9.89. The van der Waals surface area contributed by atoms with E-state index in [-0.39, 0.29) is 17.5 Å². The van der Waals surface area contributed by atoms with Gasteiger partial charge in [0.1, 0.15) is 5.75 Å². The van der Waals surface area contributed by atoms with E-state index in [9.17, 15) is 15.0 Å². The minimum Gasteiger partial charge on any atom is -0.508 e. The maximum atomic E-state index is 12.0. The number of fused-ring (bicyclic) bond motifs is 5. The predicted molar refractivity (Wildman–Crippen MR) is 133 cm³/mol. The van der Waals surface area contributed by atoms with Crippen molar-refractivity contribution in [3.05, 3.63) is 53.1 Å². The molecule has 0 spiro atoms. The summed E-state index contributed by atoms with van der Waals surface area (Å²) in [4.78, 5) is 12.0. The first-order valence-corrected chi connectivity index (χ1v) is 13.5. The molecule has 2 N–H and O–H groups in total. The smallest absolute Gasteiger partial charge is 0.334 e. The van der Waals surface area contributed by atoms with Crippen LogP contribution < -0.4 is 0 Å². The number of esters is 1. The highest BCUT2D eigenvalue weighted by atomic mass is 16.5. The number of unbranched alkanes of at least 4 members (excludes halogenated alkanes) is 3. The number of rotatable bonds is 8. The summed E-state index contributed by atoms with van der Waals surface area (Å²) in [6.07, 6.45) is 17.3. The first-order valence-electron chi connectivity index (χ1n) is 13.5. The number of carbonyl (C=O) groups is 1. The molecule has 5 rings (SSSR count). The van der Waals surface area contributed by atoms with Crippen LogP contribution in [0.1, 0.15) is 88.2 Å². The van der Waals surface area contributed by atoms with E-state index in [0.29, 0.717) is 42.4 Å². The Bertz CT molecular complexity index is 963. The first-order chi connectivity index (χ1) is 16.5. The zero-order valence-corrected chi connectivity index (χ0v) is 20.5. The number of benzene rings is 1. The van der Waals surface area contributed by atoms with Crippen LogP contribution in [0, 0.1) is 23.2 Å². The molecule has 4 heteroatoms. The van der Waals surface area contributed by atoms with E-state index in [1.54, 1.807) is 0 Å². The number of ether oxygens (including phenoxy) is 1. The van der Waals surface area contributed by atoms with Crippen LogP contribution in [0.5, 0.6) is 5.75 Å². The molecule has 0 heterocycles. The third-order valence-electron chi connectivity index (χ3n) is 9.57. The molecule has 1 aromatic carbocycles. The highest BCUT2D eigenvalue weighted by Crippen LogP contribution is 2.62. The van der Waals surface area contributed by atoms with Crippen LogP contribution in [-0.4, -0.2) is 28.9 Å². The molecule has 1 aromatic rings. The van der Waals surface area contributed by atoms with Gasteiger partial charge in [0.05, 0.1) is 12.7 Å². The molecule has 4 aliphatic rings. The van der Waals surface area contributed by atoms with Gasteiger partial charge in [-0.3, -0.25) is 0 Å². The maximum absolute atomic E-state index is 12.0. The Hall–Kier alpha value is -2.07. The zero-order chi connectivity index (χ0) is 23.7. The lowest BCUT2D eigenvalue weighted by molar-refractivity contribution is -0.139. The fourth-order valence-electron chi connectivity index (χ4n) is 7.75. The van der Waals surface area contributed by atoms with Crippen molar-refractivity contribution in [2.24, 2.45) is 23.2 Å². The maximum Gasteiger partial charge on any atom is 0.334 e. The van der Waals surface area contributed by atoms with Crippen molar-refractivity contribution >= 4 is 5.97 Å². The Kier molecular flexibility index (Phi) is 6.88. The summed E-state index contributed by atoms with van der Waals surface area (Å²) in [5.74, 6) is 2.64. The Labute approximate surface area is 204 Å². The normalized spacial score (nSPS) is 33.7. The molecular formula is C30H40O4. The minimum atomic E-state index is -0.167. The van der Waals surface area contributed by atoms with Crippen molar-refractivity contribution in [1.82, 2.24) is 0 Å². The topological polar surface area (TPSA) is 66.8 Å². The SMILES string of the molecule is C[C@]12CCC3c4ccc(O)cc4CC(CCCCCCOC(=O)C4=CC=CC4)C3C1CC[C@@H]2O. The number of aliphatic hydroxyl groups excluding tert-OH is 1. The second-order valence-corrected chi connectivity index (χ2v) is 11.4. The fourth-order valence-corrected chi connectivity index (χ4v) is 7.75. The Morgan fingerprint density at radius 3 is 2.82 bits per heavy atom. The summed E-state index contributed by atoms with van der Waals surface area (Å²) in [5.41, 5.74) is 3.63. The van der Waals surface area contributed by atoms with Crippen LogP contribution in [0.4, 0.5) is 0 Å². The van der Waals surface area contributed by atoms with Gasteiger partial charge in [0.25, 0.3) is 0 Å². The number of aliphatic hydroxyl groups is 1. The Morgan fingerprint density at radius 1 is 1.15 bits per heavy atom. The molecule has 34 heavy (non-hydrogen) atoms. The van der Waals surface area contributed by atoms with Gasteiger partial charge in [-0.25, -0.2) is 4.79 Å². The van der Waals surface area contributed by atoms with Gasteiger partial charge in [0.2, 0.25) is 0 Å². The van der Waals surface area contributed by atoms with Gasteiger partial charge < -0.3 is 14.9 Å². The lowest BCUT2D eigenvalue weighted by atomic mass is 9.52. The van der Waals surface area contributed by atoms with Crippen LogP contribution in [-0.2, 0) is 16.0 Å². The average molecular weight is 465 g/mol. The third-order valence-corrected chi connectivity index (χ3v) is 9.57. The number of phenolic OH excluding ortho intramolecular Hbond substituents is 1. The standard InChI is InChI=1S/C30H40O4/c1-30-16-15-25-24-12-11-23(31)19-22(24)18-21(28(25)26(30)13-14-27(30)32)10-4-2-3-7-17-34-29(33)20-8-5-6-9-20/h5-6,8,11-12,19,21,25-28,31-32H,2-4,7,9-10,13-18H2,1H3/t21?,25?,26?,27-,28?,30-/m0/s1. The van der Waals surface area contributed by atoms with Crippen LogP contribution >= 0.6 is 0 Å². The summed E-state index contributed by atoms with van der Waals surface area (Å²) in [5, 5.41) is 20.9. The number of allylic oxidation sites excluding steroid dienone is 3. The predicted octanol–water partition coefficient (Wildman–Crippen LogP) is 6.22. The molecule has 4 nitrogen and oxygen atoms in total. The van der Waals surface area contributed by atoms with Gasteiger partial charge in [-0.1, -0.05) is 50.5 Å². The minimum absolute atomic E-state index is 0.0714. The molecule has 4 aliphatic carbocycles. The number of hydrogen-bond donors (Lipinski definition) is 2. The third kappa shape index (κ3) is 4.46. The van der Waals surface area contributed by atoms with E-state index < -0.39 is 0 Å². The largest absolute Gasteiger partial charge is 0.508 e. The van der Waals surface area contributed by atoms with E-state index in [4.69, 9.17) is 4.74 Å². The number of hydrogen-bond acceptors (Lipinski definition) is 4. The summed E-state index contributed by atoms with van der Waals surface area (Å²) in [6.45, 7) is 2.85. The zero-order valence-electron chi connectivity index (χ0n) is 20.5. The van der Waals surface area contributed by atoms with Crippen LogP contribution in [0.25, 0.3) is 0 Å². The molecule has 2 fully saturated rings. The lowest BCUT2D eigenvalue weighted by Crippen LogP contribution is -2.47. The molecule has 184 valence electrons. The molecular weight excluding hydrogens is 424 g/mol. The number of aromatic hydroxyl groups is 1. The van der Waals surface area contributed by atoms with Gasteiger partial charge in [-0.05, 0) is 104 Å². The van der Waals surface area contributed by atoms with Crippen molar-refractivity contribution in [3.8, 4) is 5.75 Å². The van der Waals surface area contributed by atoms with E-state index in [0.717, 1.165) is 56.9 Å². The van der Waals surface area contributed by atoms with Crippen molar-refractivity contribution < 1.29 is 19.7 Å². The Balaban J connectivity index is 1.17. The van der Waals surface area contributed by atoms with Gasteiger partial charge in [-0.15, -0.1) is 0 Å². The van der Waals surface area contributed by atoms with Crippen LogP contribution in [0.15, 0.2) is 42.0 Å². The van der Waals surface area contributed by atoms with Crippen molar-refractivity contribution in [1.29, 1.82) is 0 Å². The van der Waals surface area contributed by atoms with E-state index in [1.165, 1.54) is 24.0 Å². The molecule has 0 bridgehead atoms. The number of carbonyl (C=O) groups excluding carboxylic acids is 1. The lowest BCUT2D eigenvalue weighted by Gasteiger charge is -2.53. The summed E-state index contributed by atoms with van der Waals surface area (Å²) < 4.78 is 5.42. The quantitative estimate of drug-likeness (QED) is 0.354. The van der Waals surface area contributed by atoms with Gasteiger partial charge in [-0.2, -0.15) is 0 Å². The van der Waals surface area contributed by atoms with Gasteiger partial charge in [0, 0.05) is 5.57 Å². The molecule has 0 amide bonds. The van der Waals surface area contributed by atoms with E-state index >= 15 is 0 Å².